The van der Waals surface area contributed by atoms with Gasteiger partial charge in [0.25, 0.3) is 0 Å². The summed E-state index contributed by atoms with van der Waals surface area (Å²) in [6.07, 6.45) is 0. The Kier molecular flexibility index (Phi) is 3.90. The van der Waals surface area contributed by atoms with Gasteiger partial charge in [-0.1, -0.05) is 11.6 Å². The standard InChI is InChI=1S/C14H9ClF2O3/c1-7-4-9(15)2-3-12(7)20-13-10(16)5-8(14(18)19)6-11(13)17/h2-6H,1H3,(H,18,19). The molecule has 2 aromatic rings. The molecule has 0 unspecified atom stereocenters. The number of hydrogen-bond acceptors (Lipinski definition) is 2. The summed E-state index contributed by atoms with van der Waals surface area (Å²) in [4.78, 5) is 10.7. The van der Waals surface area contributed by atoms with Crippen LogP contribution in [-0.4, -0.2) is 11.1 Å². The van der Waals surface area contributed by atoms with Gasteiger partial charge in [-0.25, -0.2) is 13.6 Å². The van der Waals surface area contributed by atoms with Crippen LogP contribution in [0.4, 0.5) is 8.78 Å². The van der Waals surface area contributed by atoms with Crippen molar-refractivity contribution in [1.29, 1.82) is 0 Å². The van der Waals surface area contributed by atoms with Gasteiger partial charge in [-0.05, 0) is 42.8 Å². The molecular formula is C14H9ClF2O3. The van der Waals surface area contributed by atoms with Gasteiger partial charge in [0, 0.05) is 5.02 Å². The zero-order chi connectivity index (χ0) is 14.9. The molecule has 0 bridgehead atoms. The van der Waals surface area contributed by atoms with Crippen molar-refractivity contribution in [3.63, 3.8) is 0 Å². The summed E-state index contributed by atoms with van der Waals surface area (Å²) in [6.45, 7) is 1.67. The van der Waals surface area contributed by atoms with E-state index in [1.54, 1.807) is 13.0 Å². The lowest BCUT2D eigenvalue weighted by atomic mass is 10.2. The summed E-state index contributed by atoms with van der Waals surface area (Å²) in [6, 6.07) is 5.98. The Balaban J connectivity index is 2.41. The molecule has 0 atom stereocenters. The molecular weight excluding hydrogens is 290 g/mol. The van der Waals surface area contributed by atoms with Gasteiger partial charge in [0.1, 0.15) is 5.75 Å². The molecule has 0 fully saturated rings. The van der Waals surface area contributed by atoms with E-state index in [0.717, 1.165) is 0 Å². The number of carbonyl (C=O) groups is 1. The number of benzene rings is 2. The predicted octanol–water partition coefficient (Wildman–Crippen LogP) is 4.42. The lowest BCUT2D eigenvalue weighted by molar-refractivity contribution is 0.0695. The van der Waals surface area contributed by atoms with Crippen molar-refractivity contribution < 1.29 is 23.4 Å². The van der Waals surface area contributed by atoms with Crippen molar-refractivity contribution in [3.05, 3.63) is 58.1 Å². The van der Waals surface area contributed by atoms with Crippen LogP contribution in [-0.2, 0) is 0 Å². The molecule has 0 aromatic heterocycles. The van der Waals surface area contributed by atoms with Gasteiger partial charge in [-0.2, -0.15) is 0 Å². The van der Waals surface area contributed by atoms with Gasteiger partial charge >= 0.3 is 5.97 Å². The molecule has 0 saturated heterocycles. The van der Waals surface area contributed by atoms with Crippen molar-refractivity contribution in [2.75, 3.05) is 0 Å². The molecule has 1 N–H and O–H groups in total. The van der Waals surface area contributed by atoms with Gasteiger partial charge < -0.3 is 9.84 Å². The molecule has 2 rings (SSSR count). The minimum atomic E-state index is -1.42. The van der Waals surface area contributed by atoms with E-state index in [2.05, 4.69) is 0 Å². The monoisotopic (exact) mass is 298 g/mol. The highest BCUT2D eigenvalue weighted by Crippen LogP contribution is 2.31. The van der Waals surface area contributed by atoms with E-state index in [1.165, 1.54) is 12.1 Å². The number of aromatic carboxylic acids is 1. The van der Waals surface area contributed by atoms with E-state index in [1.807, 2.05) is 0 Å². The van der Waals surface area contributed by atoms with Gasteiger partial charge in [-0.15, -0.1) is 0 Å². The average Bonchev–Trinajstić information content (AvgIpc) is 2.35. The minimum absolute atomic E-state index is 0.232. The number of aryl methyl sites for hydroxylation is 1. The summed E-state index contributed by atoms with van der Waals surface area (Å²) in [7, 11) is 0. The fourth-order valence-electron chi connectivity index (χ4n) is 1.62. The first kappa shape index (κ1) is 14.3. The van der Waals surface area contributed by atoms with Crippen molar-refractivity contribution in [2.45, 2.75) is 6.92 Å². The van der Waals surface area contributed by atoms with Crippen LogP contribution in [0.15, 0.2) is 30.3 Å². The fourth-order valence-corrected chi connectivity index (χ4v) is 1.84. The maximum atomic E-state index is 13.7. The van der Waals surface area contributed by atoms with Gasteiger partial charge in [0.05, 0.1) is 5.56 Å². The van der Waals surface area contributed by atoms with Crippen molar-refractivity contribution in [3.8, 4) is 11.5 Å². The van der Waals surface area contributed by atoms with E-state index in [9.17, 15) is 13.6 Å². The summed E-state index contributed by atoms with van der Waals surface area (Å²) in [5.74, 6) is -4.01. The zero-order valence-electron chi connectivity index (χ0n) is 10.3. The summed E-state index contributed by atoms with van der Waals surface area (Å²) in [5.41, 5.74) is 0.110. The molecule has 0 aliphatic carbocycles. The number of ether oxygens (including phenoxy) is 1. The third-order valence-corrected chi connectivity index (χ3v) is 2.83. The highest BCUT2D eigenvalue weighted by atomic mass is 35.5. The topological polar surface area (TPSA) is 46.5 Å². The lowest BCUT2D eigenvalue weighted by Crippen LogP contribution is -2.01. The molecule has 0 amide bonds. The Morgan fingerprint density at radius 1 is 1.20 bits per heavy atom. The molecule has 2 aromatic carbocycles. The Morgan fingerprint density at radius 2 is 1.80 bits per heavy atom. The maximum absolute atomic E-state index is 13.7. The SMILES string of the molecule is Cc1cc(Cl)ccc1Oc1c(F)cc(C(=O)O)cc1F. The third-order valence-electron chi connectivity index (χ3n) is 2.59. The van der Waals surface area contributed by atoms with E-state index in [4.69, 9.17) is 21.4 Å². The highest BCUT2D eigenvalue weighted by Gasteiger charge is 2.17. The number of carboxylic acid groups (broad SMARTS) is 1. The molecule has 6 heteroatoms. The Labute approximate surface area is 118 Å². The predicted molar refractivity (Wildman–Crippen MR) is 69.6 cm³/mol. The Morgan fingerprint density at radius 3 is 2.30 bits per heavy atom. The summed E-state index contributed by atoms with van der Waals surface area (Å²) < 4.78 is 32.6. The number of hydrogen-bond donors (Lipinski definition) is 1. The van der Waals surface area contributed by atoms with Crippen LogP contribution >= 0.6 is 11.6 Å². The number of rotatable bonds is 3. The van der Waals surface area contributed by atoms with Crippen molar-refractivity contribution in [2.24, 2.45) is 0 Å². The van der Waals surface area contributed by atoms with Crippen LogP contribution in [0.25, 0.3) is 0 Å². The van der Waals surface area contributed by atoms with Crippen LogP contribution in [0.3, 0.4) is 0 Å². The molecule has 0 heterocycles. The molecule has 0 spiro atoms. The molecule has 0 radical (unpaired) electrons. The van der Waals surface area contributed by atoms with Crippen LogP contribution in [0.5, 0.6) is 11.5 Å². The quantitative estimate of drug-likeness (QED) is 0.912. The lowest BCUT2D eigenvalue weighted by Gasteiger charge is -2.11. The maximum Gasteiger partial charge on any atom is 0.335 e. The minimum Gasteiger partial charge on any atom is -0.478 e. The van der Waals surface area contributed by atoms with Crippen LogP contribution < -0.4 is 4.74 Å². The van der Waals surface area contributed by atoms with Crippen molar-refractivity contribution in [1.82, 2.24) is 0 Å². The van der Waals surface area contributed by atoms with Gasteiger partial charge in [-0.3, -0.25) is 0 Å². The van der Waals surface area contributed by atoms with Crippen LogP contribution in [0.2, 0.25) is 5.02 Å². The van der Waals surface area contributed by atoms with Crippen LogP contribution in [0, 0.1) is 18.6 Å². The largest absolute Gasteiger partial charge is 0.478 e. The van der Waals surface area contributed by atoms with Gasteiger partial charge in [0.15, 0.2) is 17.4 Å². The molecule has 0 aliphatic heterocycles. The fraction of sp³-hybridized carbons (Fsp3) is 0.0714. The molecule has 0 aliphatic rings. The first-order chi connectivity index (χ1) is 9.38. The zero-order valence-corrected chi connectivity index (χ0v) is 11.0. The smallest absolute Gasteiger partial charge is 0.335 e. The average molecular weight is 299 g/mol. The van der Waals surface area contributed by atoms with E-state index in [0.29, 0.717) is 22.7 Å². The van der Waals surface area contributed by atoms with Gasteiger partial charge in [0.2, 0.25) is 0 Å². The second-order valence-electron chi connectivity index (χ2n) is 4.09. The normalized spacial score (nSPS) is 10.4. The molecule has 0 saturated carbocycles. The van der Waals surface area contributed by atoms with E-state index in [-0.39, 0.29) is 5.75 Å². The first-order valence-corrected chi connectivity index (χ1v) is 5.92. The first-order valence-electron chi connectivity index (χ1n) is 5.55. The second-order valence-corrected chi connectivity index (χ2v) is 4.52. The molecule has 20 heavy (non-hydrogen) atoms. The molecule has 104 valence electrons. The van der Waals surface area contributed by atoms with E-state index < -0.39 is 28.9 Å². The van der Waals surface area contributed by atoms with Crippen molar-refractivity contribution >= 4 is 17.6 Å². The Hall–Kier alpha value is -2.14. The third kappa shape index (κ3) is 2.88. The van der Waals surface area contributed by atoms with Crippen LogP contribution in [0.1, 0.15) is 15.9 Å². The summed E-state index contributed by atoms with van der Waals surface area (Å²) in [5, 5.41) is 9.17. The highest BCUT2D eigenvalue weighted by molar-refractivity contribution is 6.30. The van der Waals surface area contributed by atoms with E-state index >= 15 is 0 Å². The molecule has 3 nitrogen and oxygen atoms in total. The number of halogens is 3. The number of carboxylic acids is 1. The summed E-state index contributed by atoms with van der Waals surface area (Å²) >= 11 is 5.77. The Bertz CT molecular complexity index is 663. The second kappa shape index (κ2) is 5.46.